The predicted molar refractivity (Wildman–Crippen MR) is 79.2 cm³/mol. The van der Waals surface area contributed by atoms with Gasteiger partial charge in [0.15, 0.2) is 5.76 Å². The minimum atomic E-state index is -3.94. The summed E-state index contributed by atoms with van der Waals surface area (Å²) >= 11 is 11.9. The molecule has 1 amide bonds. The van der Waals surface area contributed by atoms with Gasteiger partial charge in [-0.15, -0.1) is 0 Å². The Balaban J connectivity index is 2.38. The minimum absolute atomic E-state index is 0.0518. The van der Waals surface area contributed by atoms with E-state index in [0.29, 0.717) is 5.56 Å². The van der Waals surface area contributed by atoms with Crippen molar-refractivity contribution in [3.63, 3.8) is 0 Å². The molecule has 1 aromatic heterocycles. The van der Waals surface area contributed by atoms with Crippen molar-refractivity contribution in [2.75, 3.05) is 5.32 Å². The van der Waals surface area contributed by atoms with Crippen LogP contribution in [-0.4, -0.2) is 14.3 Å². The van der Waals surface area contributed by atoms with Gasteiger partial charge >= 0.3 is 0 Å². The average Bonchev–Trinajstić information content (AvgIpc) is 2.78. The molecule has 0 saturated carbocycles. The van der Waals surface area contributed by atoms with Crippen LogP contribution in [0.25, 0.3) is 0 Å². The summed E-state index contributed by atoms with van der Waals surface area (Å²) in [5, 5.41) is 7.36. The topological polar surface area (TPSA) is 102 Å². The molecule has 0 aliphatic rings. The standard InChI is InChI=1S/C12H10Cl2N2O4S/c1-6-2-3-20-11(6)12(17)16-10-8(13)4-7(5-9(10)14)21(15,18)19/h2-5H,1H3,(H,16,17)(H2,15,18,19). The zero-order chi connectivity index (χ0) is 15.8. The van der Waals surface area contributed by atoms with Crippen LogP contribution in [0, 0.1) is 6.92 Å². The van der Waals surface area contributed by atoms with Crippen LogP contribution in [0.4, 0.5) is 5.69 Å². The number of amides is 1. The molecule has 0 atom stereocenters. The van der Waals surface area contributed by atoms with E-state index >= 15 is 0 Å². The molecule has 0 spiro atoms. The smallest absolute Gasteiger partial charge is 0.291 e. The van der Waals surface area contributed by atoms with Gasteiger partial charge in [-0.2, -0.15) is 0 Å². The van der Waals surface area contributed by atoms with E-state index in [1.54, 1.807) is 13.0 Å². The third kappa shape index (κ3) is 3.38. The van der Waals surface area contributed by atoms with E-state index in [-0.39, 0.29) is 26.4 Å². The van der Waals surface area contributed by atoms with Crippen molar-refractivity contribution >= 4 is 44.8 Å². The van der Waals surface area contributed by atoms with Gasteiger partial charge in [0, 0.05) is 5.56 Å². The summed E-state index contributed by atoms with van der Waals surface area (Å²) in [5.74, 6) is -0.442. The van der Waals surface area contributed by atoms with Crippen LogP contribution in [0.1, 0.15) is 16.1 Å². The molecule has 3 N–H and O–H groups in total. The maximum Gasteiger partial charge on any atom is 0.291 e. The zero-order valence-corrected chi connectivity index (χ0v) is 13.0. The molecular formula is C12H10Cl2N2O4S. The number of halogens is 2. The molecule has 6 nitrogen and oxygen atoms in total. The van der Waals surface area contributed by atoms with Gasteiger partial charge in [0.2, 0.25) is 10.0 Å². The third-order valence-corrected chi connectivity index (χ3v) is 4.14. The molecule has 112 valence electrons. The lowest BCUT2D eigenvalue weighted by Gasteiger charge is -2.10. The number of hydrogen-bond acceptors (Lipinski definition) is 4. The van der Waals surface area contributed by atoms with Gasteiger partial charge < -0.3 is 9.73 Å². The van der Waals surface area contributed by atoms with Gasteiger partial charge in [0.25, 0.3) is 5.91 Å². The van der Waals surface area contributed by atoms with Crippen LogP contribution in [0.2, 0.25) is 10.0 Å². The van der Waals surface area contributed by atoms with Crippen molar-refractivity contribution in [1.82, 2.24) is 0 Å². The number of nitrogens with one attached hydrogen (secondary N) is 1. The summed E-state index contributed by atoms with van der Waals surface area (Å²) in [7, 11) is -3.94. The number of nitrogens with two attached hydrogens (primary N) is 1. The number of benzene rings is 1. The first-order chi connectivity index (χ1) is 9.70. The Morgan fingerprint density at radius 3 is 2.29 bits per heavy atom. The summed E-state index contributed by atoms with van der Waals surface area (Å²) in [6, 6.07) is 3.84. The van der Waals surface area contributed by atoms with Gasteiger partial charge in [-0.25, -0.2) is 13.6 Å². The van der Waals surface area contributed by atoms with E-state index in [2.05, 4.69) is 5.32 Å². The van der Waals surface area contributed by atoms with Crippen molar-refractivity contribution < 1.29 is 17.6 Å². The zero-order valence-electron chi connectivity index (χ0n) is 10.7. The maximum atomic E-state index is 12.0. The Morgan fingerprint density at radius 1 is 1.29 bits per heavy atom. The van der Waals surface area contributed by atoms with Gasteiger partial charge in [0.05, 0.1) is 26.9 Å². The first kappa shape index (κ1) is 15.8. The molecule has 0 aliphatic heterocycles. The fourth-order valence-electron chi connectivity index (χ4n) is 1.61. The largest absolute Gasteiger partial charge is 0.459 e. The van der Waals surface area contributed by atoms with Crippen LogP contribution in [0.5, 0.6) is 0 Å². The van der Waals surface area contributed by atoms with Crippen LogP contribution in [0.15, 0.2) is 33.8 Å². The number of anilines is 1. The second-order valence-electron chi connectivity index (χ2n) is 4.19. The molecule has 1 heterocycles. The molecule has 21 heavy (non-hydrogen) atoms. The fourth-order valence-corrected chi connectivity index (χ4v) is 2.88. The van der Waals surface area contributed by atoms with Crippen molar-refractivity contribution in [2.45, 2.75) is 11.8 Å². The number of sulfonamides is 1. The molecule has 0 aliphatic carbocycles. The van der Waals surface area contributed by atoms with Crippen molar-refractivity contribution in [3.05, 3.63) is 45.8 Å². The van der Waals surface area contributed by atoms with Gasteiger partial charge in [0.1, 0.15) is 0 Å². The second-order valence-corrected chi connectivity index (χ2v) is 6.57. The average molecular weight is 349 g/mol. The molecular weight excluding hydrogens is 339 g/mol. The third-order valence-electron chi connectivity index (χ3n) is 2.65. The number of carbonyl (C=O) groups excluding carboxylic acids is 1. The van der Waals surface area contributed by atoms with Gasteiger partial charge in [-0.1, -0.05) is 23.2 Å². The van der Waals surface area contributed by atoms with Crippen LogP contribution < -0.4 is 10.5 Å². The highest BCUT2D eigenvalue weighted by atomic mass is 35.5. The number of hydrogen-bond donors (Lipinski definition) is 2. The molecule has 0 bridgehead atoms. The van der Waals surface area contributed by atoms with E-state index in [9.17, 15) is 13.2 Å². The first-order valence-electron chi connectivity index (χ1n) is 5.57. The Morgan fingerprint density at radius 2 is 1.86 bits per heavy atom. The number of primary sulfonamides is 1. The molecule has 1 aromatic carbocycles. The van der Waals surface area contributed by atoms with Gasteiger partial charge in [-0.05, 0) is 25.1 Å². The molecule has 0 radical (unpaired) electrons. The lowest BCUT2D eigenvalue weighted by molar-refractivity contribution is 0.0996. The van der Waals surface area contributed by atoms with E-state index in [1.165, 1.54) is 6.26 Å². The van der Waals surface area contributed by atoms with Crippen molar-refractivity contribution in [2.24, 2.45) is 5.14 Å². The van der Waals surface area contributed by atoms with Crippen molar-refractivity contribution in [3.8, 4) is 0 Å². The Labute approximate surface area is 130 Å². The van der Waals surface area contributed by atoms with E-state index in [1.807, 2.05) is 0 Å². The monoisotopic (exact) mass is 348 g/mol. The number of carbonyl (C=O) groups is 1. The summed E-state index contributed by atoms with van der Waals surface area (Å²) in [4.78, 5) is 11.8. The molecule has 2 rings (SSSR count). The first-order valence-corrected chi connectivity index (χ1v) is 7.87. The normalized spacial score (nSPS) is 11.4. The molecule has 0 fully saturated rings. The fraction of sp³-hybridized carbons (Fsp3) is 0.0833. The maximum absolute atomic E-state index is 12.0. The molecule has 9 heteroatoms. The van der Waals surface area contributed by atoms with Crippen LogP contribution in [0.3, 0.4) is 0 Å². The summed E-state index contributed by atoms with van der Waals surface area (Å²) in [6.45, 7) is 1.70. The lowest BCUT2D eigenvalue weighted by Crippen LogP contribution is -2.15. The van der Waals surface area contributed by atoms with E-state index in [0.717, 1.165) is 12.1 Å². The highest BCUT2D eigenvalue weighted by molar-refractivity contribution is 7.89. The van der Waals surface area contributed by atoms with E-state index in [4.69, 9.17) is 32.8 Å². The second kappa shape index (κ2) is 5.69. The predicted octanol–water partition coefficient (Wildman–Crippen LogP) is 2.79. The lowest BCUT2D eigenvalue weighted by atomic mass is 10.2. The Kier molecular flexibility index (Phi) is 4.29. The van der Waals surface area contributed by atoms with Crippen LogP contribution >= 0.6 is 23.2 Å². The number of furan rings is 1. The summed E-state index contributed by atoms with van der Waals surface area (Å²) in [5.41, 5.74) is 0.715. The van der Waals surface area contributed by atoms with E-state index < -0.39 is 15.9 Å². The van der Waals surface area contributed by atoms with Gasteiger partial charge in [-0.3, -0.25) is 4.79 Å². The SMILES string of the molecule is Cc1ccoc1C(=O)Nc1c(Cl)cc(S(N)(=O)=O)cc1Cl. The van der Waals surface area contributed by atoms with Crippen LogP contribution in [-0.2, 0) is 10.0 Å². The number of rotatable bonds is 3. The highest BCUT2D eigenvalue weighted by Gasteiger charge is 2.19. The quantitative estimate of drug-likeness (QED) is 0.889. The summed E-state index contributed by atoms with van der Waals surface area (Å²) < 4.78 is 27.6. The Hall–Kier alpha value is -1.54. The molecule has 2 aromatic rings. The van der Waals surface area contributed by atoms with Crippen molar-refractivity contribution in [1.29, 1.82) is 0 Å². The molecule has 0 saturated heterocycles. The molecule has 0 unspecified atom stereocenters. The Bertz CT molecular complexity index is 791. The highest BCUT2D eigenvalue weighted by Crippen LogP contribution is 2.33. The summed E-state index contributed by atoms with van der Waals surface area (Å²) in [6.07, 6.45) is 1.37. The minimum Gasteiger partial charge on any atom is -0.459 e. The number of aryl methyl sites for hydroxylation is 1.